The van der Waals surface area contributed by atoms with Gasteiger partial charge in [0.25, 0.3) is 5.91 Å². The van der Waals surface area contributed by atoms with Gasteiger partial charge in [0.05, 0.1) is 14.2 Å². The molecule has 128 valence electrons. The zero-order chi connectivity index (χ0) is 17.6. The second-order valence-electron chi connectivity index (χ2n) is 5.65. The molecule has 1 N–H and O–H groups in total. The van der Waals surface area contributed by atoms with Gasteiger partial charge in [-0.15, -0.1) is 0 Å². The summed E-state index contributed by atoms with van der Waals surface area (Å²) in [6.45, 7) is 6.28. The molecule has 1 unspecified atom stereocenters. The largest absolute Gasteiger partial charge is 0.497 e. The summed E-state index contributed by atoms with van der Waals surface area (Å²) in [4.78, 5) is 26.5. The van der Waals surface area contributed by atoms with Crippen molar-refractivity contribution < 1.29 is 19.1 Å². The number of carbonyl (C=O) groups excluding carboxylic acids is 2. The van der Waals surface area contributed by atoms with Gasteiger partial charge in [0.15, 0.2) is 0 Å². The van der Waals surface area contributed by atoms with Crippen molar-refractivity contribution in [1.82, 2.24) is 10.2 Å². The van der Waals surface area contributed by atoms with Gasteiger partial charge in [0.2, 0.25) is 5.91 Å². The van der Waals surface area contributed by atoms with Gasteiger partial charge >= 0.3 is 0 Å². The van der Waals surface area contributed by atoms with Crippen LogP contribution in [0, 0.1) is 5.92 Å². The summed E-state index contributed by atoms with van der Waals surface area (Å²) >= 11 is 0. The molecule has 1 rings (SSSR count). The average molecular weight is 322 g/mol. The van der Waals surface area contributed by atoms with E-state index in [1.165, 1.54) is 14.2 Å². The minimum atomic E-state index is -0.579. The number of hydrogen-bond donors (Lipinski definition) is 1. The van der Waals surface area contributed by atoms with Gasteiger partial charge in [-0.1, -0.05) is 13.8 Å². The third kappa shape index (κ3) is 4.87. The van der Waals surface area contributed by atoms with Gasteiger partial charge in [0.1, 0.15) is 17.5 Å². The molecule has 0 aromatic heterocycles. The lowest BCUT2D eigenvalue weighted by Gasteiger charge is -2.26. The highest BCUT2D eigenvalue weighted by atomic mass is 16.5. The summed E-state index contributed by atoms with van der Waals surface area (Å²) in [6.07, 6.45) is 0. The number of hydrogen-bond acceptors (Lipinski definition) is 4. The van der Waals surface area contributed by atoms with Crippen molar-refractivity contribution in [2.24, 2.45) is 5.92 Å². The van der Waals surface area contributed by atoms with E-state index in [0.717, 1.165) is 0 Å². The van der Waals surface area contributed by atoms with Gasteiger partial charge in [0, 0.05) is 25.2 Å². The third-order valence-corrected chi connectivity index (χ3v) is 3.68. The molecule has 1 atom stereocenters. The molecule has 0 fully saturated rings. The Morgan fingerprint density at radius 3 is 2.04 bits per heavy atom. The SMILES string of the molecule is CCN(C)C(=O)C(NC(=O)c1cc(OC)cc(OC)c1)C(C)C. The average Bonchev–Trinajstić information content (AvgIpc) is 2.56. The van der Waals surface area contributed by atoms with Crippen molar-refractivity contribution in [3.8, 4) is 11.5 Å². The highest BCUT2D eigenvalue weighted by Gasteiger charge is 2.27. The minimum Gasteiger partial charge on any atom is -0.497 e. The standard InChI is InChI=1S/C17H26N2O4/c1-7-19(4)17(21)15(11(2)3)18-16(20)12-8-13(22-5)10-14(9-12)23-6/h8-11,15H,7H2,1-6H3,(H,18,20). The minimum absolute atomic E-state index is 0.0204. The van der Waals surface area contributed by atoms with Crippen molar-refractivity contribution in [2.45, 2.75) is 26.8 Å². The number of amides is 2. The molecule has 1 aromatic carbocycles. The zero-order valence-electron chi connectivity index (χ0n) is 14.7. The topological polar surface area (TPSA) is 67.9 Å². The molecule has 0 aliphatic carbocycles. The normalized spacial score (nSPS) is 11.8. The second kappa shape index (κ2) is 8.41. The summed E-state index contributed by atoms with van der Waals surface area (Å²) in [5.74, 6) is 0.581. The van der Waals surface area contributed by atoms with Crippen molar-refractivity contribution in [1.29, 1.82) is 0 Å². The number of ether oxygens (including phenoxy) is 2. The summed E-state index contributed by atoms with van der Waals surface area (Å²) in [6, 6.07) is 4.34. The maximum absolute atomic E-state index is 12.5. The highest BCUT2D eigenvalue weighted by molar-refractivity contribution is 5.98. The quantitative estimate of drug-likeness (QED) is 0.833. The number of likely N-dealkylation sites (N-methyl/N-ethyl adjacent to an activating group) is 1. The number of carbonyl (C=O) groups is 2. The van der Waals surface area contributed by atoms with E-state index in [1.54, 1.807) is 30.1 Å². The number of rotatable bonds is 7. The molecule has 0 heterocycles. The molecule has 0 aliphatic heterocycles. The molecule has 0 aliphatic rings. The van der Waals surface area contributed by atoms with E-state index in [0.29, 0.717) is 23.6 Å². The maximum Gasteiger partial charge on any atom is 0.252 e. The Kier molecular flexibility index (Phi) is 6.88. The molecule has 1 aromatic rings. The smallest absolute Gasteiger partial charge is 0.252 e. The molecule has 0 spiro atoms. The monoisotopic (exact) mass is 322 g/mol. The van der Waals surface area contributed by atoms with Crippen molar-refractivity contribution in [2.75, 3.05) is 27.8 Å². The second-order valence-corrected chi connectivity index (χ2v) is 5.65. The van der Waals surface area contributed by atoms with Gasteiger partial charge < -0.3 is 19.7 Å². The Morgan fingerprint density at radius 1 is 1.13 bits per heavy atom. The molecule has 2 amide bonds. The molecule has 0 saturated carbocycles. The first-order valence-electron chi connectivity index (χ1n) is 7.62. The van der Waals surface area contributed by atoms with Crippen molar-refractivity contribution in [3.05, 3.63) is 23.8 Å². The first-order valence-corrected chi connectivity index (χ1v) is 7.62. The molecule has 6 heteroatoms. The van der Waals surface area contributed by atoms with Crippen molar-refractivity contribution >= 4 is 11.8 Å². The van der Waals surface area contributed by atoms with Crippen LogP contribution in [-0.2, 0) is 4.79 Å². The fourth-order valence-electron chi connectivity index (χ4n) is 2.07. The summed E-state index contributed by atoms with van der Waals surface area (Å²) in [5.41, 5.74) is 0.388. The van der Waals surface area contributed by atoms with E-state index >= 15 is 0 Å². The van der Waals surface area contributed by atoms with Gasteiger partial charge in [-0.05, 0) is 25.0 Å². The predicted molar refractivity (Wildman–Crippen MR) is 88.9 cm³/mol. The summed E-state index contributed by atoms with van der Waals surface area (Å²) in [7, 11) is 4.76. The van der Waals surface area contributed by atoms with E-state index in [1.807, 2.05) is 20.8 Å². The van der Waals surface area contributed by atoms with Crippen LogP contribution in [0.4, 0.5) is 0 Å². The van der Waals surface area contributed by atoms with E-state index in [2.05, 4.69) is 5.32 Å². The lowest BCUT2D eigenvalue weighted by molar-refractivity contribution is -0.132. The molecule has 23 heavy (non-hydrogen) atoms. The van der Waals surface area contributed by atoms with Crippen LogP contribution in [0.1, 0.15) is 31.1 Å². The third-order valence-electron chi connectivity index (χ3n) is 3.68. The van der Waals surface area contributed by atoms with Crippen LogP contribution < -0.4 is 14.8 Å². The Bertz CT molecular complexity index is 535. The van der Waals surface area contributed by atoms with Crippen LogP contribution in [0.5, 0.6) is 11.5 Å². The molecule has 6 nitrogen and oxygen atoms in total. The van der Waals surface area contributed by atoms with E-state index in [9.17, 15) is 9.59 Å². The maximum atomic E-state index is 12.5. The molecular formula is C17H26N2O4. The highest BCUT2D eigenvalue weighted by Crippen LogP contribution is 2.22. The van der Waals surface area contributed by atoms with Crippen LogP contribution in [-0.4, -0.2) is 50.6 Å². The molecule has 0 bridgehead atoms. The zero-order valence-corrected chi connectivity index (χ0v) is 14.7. The van der Waals surface area contributed by atoms with Crippen LogP contribution in [0.2, 0.25) is 0 Å². The Morgan fingerprint density at radius 2 is 1.65 bits per heavy atom. The first-order chi connectivity index (χ1) is 10.8. The number of nitrogens with one attached hydrogen (secondary N) is 1. The van der Waals surface area contributed by atoms with Gasteiger partial charge in [-0.3, -0.25) is 9.59 Å². The molecule has 0 radical (unpaired) electrons. The first kappa shape index (κ1) is 18.8. The molecule has 0 saturated heterocycles. The van der Waals surface area contributed by atoms with Crippen LogP contribution in [0.3, 0.4) is 0 Å². The fraction of sp³-hybridized carbons (Fsp3) is 0.529. The number of benzene rings is 1. The lowest BCUT2D eigenvalue weighted by Crippen LogP contribution is -2.50. The van der Waals surface area contributed by atoms with E-state index in [-0.39, 0.29) is 17.7 Å². The molecular weight excluding hydrogens is 296 g/mol. The Hall–Kier alpha value is -2.24. The Balaban J connectivity index is 3.01. The lowest BCUT2D eigenvalue weighted by atomic mass is 10.0. The van der Waals surface area contributed by atoms with Crippen molar-refractivity contribution in [3.63, 3.8) is 0 Å². The number of methoxy groups -OCH3 is 2. The van der Waals surface area contributed by atoms with Gasteiger partial charge in [-0.25, -0.2) is 0 Å². The van der Waals surface area contributed by atoms with Crippen LogP contribution in [0.15, 0.2) is 18.2 Å². The van der Waals surface area contributed by atoms with E-state index < -0.39 is 6.04 Å². The predicted octanol–water partition coefficient (Wildman–Crippen LogP) is 1.94. The summed E-state index contributed by atoms with van der Waals surface area (Å²) < 4.78 is 10.3. The summed E-state index contributed by atoms with van der Waals surface area (Å²) in [5, 5.41) is 2.81. The number of nitrogens with zero attached hydrogens (tertiary/aromatic N) is 1. The fourth-order valence-corrected chi connectivity index (χ4v) is 2.07. The van der Waals surface area contributed by atoms with E-state index in [4.69, 9.17) is 9.47 Å². The Labute approximate surface area is 137 Å². The van der Waals surface area contributed by atoms with Gasteiger partial charge in [-0.2, -0.15) is 0 Å². The van der Waals surface area contributed by atoms with Crippen LogP contribution in [0.25, 0.3) is 0 Å². The van der Waals surface area contributed by atoms with Crippen LogP contribution >= 0.6 is 0 Å².